The Hall–Kier alpha value is -3.07. The van der Waals surface area contributed by atoms with Crippen LogP contribution in [0.1, 0.15) is 38.8 Å². The summed E-state index contributed by atoms with van der Waals surface area (Å²) in [5, 5.41) is 26.3. The molecule has 29 heavy (non-hydrogen) atoms. The van der Waals surface area contributed by atoms with Crippen LogP contribution in [0.3, 0.4) is 0 Å². The van der Waals surface area contributed by atoms with E-state index in [1.165, 1.54) is 7.11 Å². The Morgan fingerprint density at radius 2 is 2.03 bits per heavy atom. The van der Waals surface area contributed by atoms with E-state index in [1.54, 1.807) is 12.4 Å². The number of aliphatic hydroxyl groups excluding tert-OH is 1. The van der Waals surface area contributed by atoms with Crippen molar-refractivity contribution in [3.05, 3.63) is 30.1 Å². The molecule has 3 rings (SSSR count). The molecule has 0 amide bonds. The Labute approximate surface area is 169 Å². The third-order valence-corrected chi connectivity index (χ3v) is 4.77. The van der Waals surface area contributed by atoms with Crippen molar-refractivity contribution in [1.29, 1.82) is 0 Å². The number of ether oxygens (including phenoxy) is 1. The number of imidazole rings is 1. The molecule has 9 heteroatoms. The SMILES string of the molecule is CC[C@H](CO)Nc1nc(NCc2cccc(OC)c2O)c2ncn(C(C)C)c2n1. The van der Waals surface area contributed by atoms with Crippen molar-refractivity contribution in [1.82, 2.24) is 19.5 Å². The van der Waals surface area contributed by atoms with Crippen LogP contribution < -0.4 is 15.4 Å². The van der Waals surface area contributed by atoms with Crippen molar-refractivity contribution in [2.75, 3.05) is 24.4 Å². The summed E-state index contributed by atoms with van der Waals surface area (Å²) < 4.78 is 7.14. The molecule has 1 aromatic carbocycles. The zero-order valence-corrected chi connectivity index (χ0v) is 17.2. The molecule has 2 heterocycles. The summed E-state index contributed by atoms with van der Waals surface area (Å²) in [6.07, 6.45) is 2.48. The van der Waals surface area contributed by atoms with E-state index in [-0.39, 0.29) is 24.4 Å². The minimum absolute atomic E-state index is 0.0121. The highest BCUT2D eigenvalue weighted by molar-refractivity contribution is 5.84. The number of nitrogens with one attached hydrogen (secondary N) is 2. The van der Waals surface area contributed by atoms with Gasteiger partial charge in [-0.25, -0.2) is 4.98 Å². The predicted octanol–water partition coefficient (Wildman–Crippen LogP) is 2.92. The minimum atomic E-state index is -0.141. The van der Waals surface area contributed by atoms with Crippen LogP contribution in [0.25, 0.3) is 11.2 Å². The Balaban J connectivity index is 1.97. The molecule has 0 spiro atoms. The molecule has 0 aliphatic heterocycles. The van der Waals surface area contributed by atoms with Crippen LogP contribution in [0.15, 0.2) is 24.5 Å². The summed E-state index contributed by atoms with van der Waals surface area (Å²) in [5.41, 5.74) is 2.02. The number of methoxy groups -OCH3 is 1. The van der Waals surface area contributed by atoms with Crippen LogP contribution >= 0.6 is 0 Å². The quantitative estimate of drug-likeness (QED) is 0.433. The third kappa shape index (κ3) is 4.34. The molecule has 9 nitrogen and oxygen atoms in total. The van der Waals surface area contributed by atoms with Gasteiger partial charge in [-0.1, -0.05) is 19.1 Å². The molecule has 0 saturated heterocycles. The lowest BCUT2D eigenvalue weighted by Crippen LogP contribution is -2.24. The lowest BCUT2D eigenvalue weighted by molar-refractivity contribution is 0.271. The van der Waals surface area contributed by atoms with Crippen LogP contribution in [-0.4, -0.2) is 49.5 Å². The summed E-state index contributed by atoms with van der Waals surface area (Å²) >= 11 is 0. The first kappa shape index (κ1) is 20.7. The first-order valence-corrected chi connectivity index (χ1v) is 9.69. The number of phenols is 1. The fraction of sp³-hybridized carbons (Fsp3) is 0.450. The van der Waals surface area contributed by atoms with Crippen molar-refractivity contribution in [2.45, 2.75) is 45.8 Å². The number of fused-ring (bicyclic) bond motifs is 1. The Morgan fingerprint density at radius 3 is 2.69 bits per heavy atom. The molecule has 1 atom stereocenters. The zero-order chi connectivity index (χ0) is 21.0. The van der Waals surface area contributed by atoms with E-state index in [9.17, 15) is 10.2 Å². The smallest absolute Gasteiger partial charge is 0.227 e. The number of phenolic OH excluding ortho intramolecular Hbond substituents is 1. The van der Waals surface area contributed by atoms with E-state index >= 15 is 0 Å². The second-order valence-corrected chi connectivity index (χ2v) is 7.07. The number of hydrogen-bond donors (Lipinski definition) is 4. The van der Waals surface area contributed by atoms with E-state index in [0.29, 0.717) is 40.8 Å². The standard InChI is InChI=1S/C20H28N6O3/c1-5-14(10-27)23-20-24-18(16-19(25-20)26(11-22-16)12(2)3)21-9-13-7-6-8-15(29-4)17(13)28/h6-8,11-12,14,27-28H,5,9-10H2,1-4H3,(H2,21,23,24,25)/t14-/m1/s1. The Bertz CT molecular complexity index is 968. The highest BCUT2D eigenvalue weighted by Crippen LogP contribution is 2.30. The van der Waals surface area contributed by atoms with Crippen LogP contribution in [0.4, 0.5) is 11.8 Å². The normalized spacial score (nSPS) is 12.3. The van der Waals surface area contributed by atoms with Crippen molar-refractivity contribution < 1.29 is 14.9 Å². The fourth-order valence-electron chi connectivity index (χ4n) is 3.00. The minimum Gasteiger partial charge on any atom is -0.504 e. The number of nitrogens with zero attached hydrogens (tertiary/aromatic N) is 4. The van der Waals surface area contributed by atoms with Gasteiger partial charge < -0.3 is 30.2 Å². The molecule has 0 bridgehead atoms. The van der Waals surface area contributed by atoms with Crippen molar-refractivity contribution in [3.63, 3.8) is 0 Å². The molecule has 3 aromatic rings. The average Bonchev–Trinajstić information content (AvgIpc) is 3.15. The number of hydrogen-bond acceptors (Lipinski definition) is 8. The monoisotopic (exact) mass is 400 g/mol. The van der Waals surface area contributed by atoms with Gasteiger partial charge >= 0.3 is 0 Å². The van der Waals surface area contributed by atoms with Gasteiger partial charge in [-0.05, 0) is 26.3 Å². The largest absolute Gasteiger partial charge is 0.504 e. The third-order valence-electron chi connectivity index (χ3n) is 4.77. The molecular formula is C20H28N6O3. The summed E-state index contributed by atoms with van der Waals surface area (Å²) in [7, 11) is 1.52. The number of anilines is 2. The Morgan fingerprint density at radius 1 is 1.24 bits per heavy atom. The van der Waals surface area contributed by atoms with Gasteiger partial charge in [0.15, 0.2) is 28.5 Å². The number of aromatic nitrogens is 4. The van der Waals surface area contributed by atoms with Crippen molar-refractivity contribution >= 4 is 22.9 Å². The van der Waals surface area contributed by atoms with Crippen LogP contribution in [0.5, 0.6) is 11.5 Å². The maximum absolute atomic E-state index is 10.3. The van der Waals surface area contributed by atoms with Crippen LogP contribution in [-0.2, 0) is 6.54 Å². The molecule has 0 fully saturated rings. The van der Waals surface area contributed by atoms with Gasteiger partial charge in [0, 0.05) is 18.2 Å². The highest BCUT2D eigenvalue weighted by Gasteiger charge is 2.17. The van der Waals surface area contributed by atoms with Crippen LogP contribution in [0.2, 0.25) is 0 Å². The van der Waals surface area contributed by atoms with Gasteiger partial charge in [0.2, 0.25) is 5.95 Å². The molecular weight excluding hydrogens is 372 g/mol. The highest BCUT2D eigenvalue weighted by atomic mass is 16.5. The summed E-state index contributed by atoms with van der Waals surface area (Å²) in [6, 6.07) is 5.37. The second kappa shape index (κ2) is 8.95. The van der Waals surface area contributed by atoms with E-state index in [0.717, 1.165) is 6.42 Å². The average molecular weight is 400 g/mol. The van der Waals surface area contributed by atoms with E-state index in [2.05, 4.69) is 39.4 Å². The molecule has 0 saturated carbocycles. The molecule has 0 radical (unpaired) electrons. The van der Waals surface area contributed by atoms with Crippen molar-refractivity contribution in [2.24, 2.45) is 0 Å². The van der Waals surface area contributed by atoms with E-state index < -0.39 is 0 Å². The zero-order valence-electron chi connectivity index (χ0n) is 17.2. The van der Waals surface area contributed by atoms with Gasteiger partial charge in [-0.15, -0.1) is 0 Å². The lowest BCUT2D eigenvalue weighted by atomic mass is 10.2. The molecule has 0 unspecified atom stereocenters. The first-order valence-electron chi connectivity index (χ1n) is 9.69. The summed E-state index contributed by atoms with van der Waals surface area (Å²) in [6.45, 7) is 6.41. The van der Waals surface area contributed by atoms with E-state index in [4.69, 9.17) is 4.74 Å². The number of aromatic hydroxyl groups is 1. The van der Waals surface area contributed by atoms with Crippen molar-refractivity contribution in [3.8, 4) is 11.5 Å². The number of benzene rings is 1. The lowest BCUT2D eigenvalue weighted by Gasteiger charge is -2.16. The molecule has 0 aliphatic carbocycles. The van der Waals surface area contributed by atoms with Crippen LogP contribution in [0, 0.1) is 0 Å². The molecule has 156 valence electrons. The summed E-state index contributed by atoms with van der Waals surface area (Å²) in [5.74, 6) is 1.47. The number of rotatable bonds is 9. The maximum Gasteiger partial charge on any atom is 0.227 e. The molecule has 0 aliphatic rings. The Kier molecular flexibility index (Phi) is 6.38. The van der Waals surface area contributed by atoms with Gasteiger partial charge in [-0.2, -0.15) is 9.97 Å². The van der Waals surface area contributed by atoms with Gasteiger partial charge in [0.1, 0.15) is 0 Å². The van der Waals surface area contributed by atoms with Gasteiger partial charge in [0.05, 0.1) is 26.1 Å². The maximum atomic E-state index is 10.3. The second-order valence-electron chi connectivity index (χ2n) is 7.07. The number of aliphatic hydroxyl groups is 1. The molecule has 2 aromatic heterocycles. The van der Waals surface area contributed by atoms with Gasteiger partial charge in [-0.3, -0.25) is 0 Å². The number of para-hydroxylation sites is 1. The predicted molar refractivity (Wildman–Crippen MR) is 112 cm³/mol. The van der Waals surface area contributed by atoms with Gasteiger partial charge in [0.25, 0.3) is 0 Å². The molecule has 4 N–H and O–H groups in total. The van der Waals surface area contributed by atoms with E-state index in [1.807, 2.05) is 23.6 Å². The topological polar surface area (TPSA) is 117 Å². The fourth-order valence-corrected chi connectivity index (χ4v) is 3.00. The summed E-state index contributed by atoms with van der Waals surface area (Å²) in [4.78, 5) is 13.7. The first-order chi connectivity index (χ1) is 14.0.